The quantitative estimate of drug-likeness (QED) is 0.650. The molecule has 0 saturated heterocycles. The molecule has 64 valence electrons. The first kappa shape index (κ1) is 7.87. The number of methoxy groups -OCH3 is 1. The van der Waals surface area contributed by atoms with Crippen LogP contribution in [0.3, 0.4) is 0 Å². The maximum absolute atomic E-state index is 4.94. The fraction of sp³-hybridized carbons (Fsp3) is 0.400. The van der Waals surface area contributed by atoms with Crippen molar-refractivity contribution in [1.82, 2.24) is 0 Å². The van der Waals surface area contributed by atoms with E-state index in [1.807, 2.05) is 0 Å². The fourth-order valence-corrected chi connectivity index (χ4v) is 2.20. The summed E-state index contributed by atoms with van der Waals surface area (Å²) in [5.74, 6) is 0. The van der Waals surface area contributed by atoms with Crippen LogP contribution in [0.15, 0.2) is 29.2 Å². The topological polar surface area (TPSA) is 9.23 Å². The molecule has 1 aromatic heterocycles. The summed E-state index contributed by atoms with van der Waals surface area (Å²) < 4.78 is 4.94. The van der Waals surface area contributed by atoms with E-state index in [1.165, 1.54) is 18.4 Å². The summed E-state index contributed by atoms with van der Waals surface area (Å²) in [5, 5.41) is 4.36. The van der Waals surface area contributed by atoms with Gasteiger partial charge in [-0.25, -0.2) is 0 Å². The molecule has 2 rings (SSSR count). The molecule has 1 saturated carbocycles. The second-order valence-electron chi connectivity index (χ2n) is 3.21. The van der Waals surface area contributed by atoms with Crippen molar-refractivity contribution in [3.8, 4) is 0 Å². The predicted octanol–water partition coefficient (Wildman–Crippen LogP) is 2.94. The molecule has 12 heavy (non-hydrogen) atoms. The number of ether oxygens (including phenoxy) is 1. The van der Waals surface area contributed by atoms with Gasteiger partial charge in [0.2, 0.25) is 0 Å². The Labute approximate surface area is 76.7 Å². The number of hydrogen-bond donors (Lipinski definition) is 0. The van der Waals surface area contributed by atoms with Crippen LogP contribution in [0.5, 0.6) is 0 Å². The molecule has 1 heterocycles. The van der Waals surface area contributed by atoms with E-state index in [0.29, 0.717) is 5.41 Å². The van der Waals surface area contributed by atoms with Gasteiger partial charge < -0.3 is 4.74 Å². The second kappa shape index (κ2) is 2.94. The molecule has 0 radical (unpaired) electrons. The molecule has 1 aliphatic carbocycles. The average molecular weight is 180 g/mol. The molecular formula is C10H12OS. The summed E-state index contributed by atoms with van der Waals surface area (Å²) in [4.78, 5) is 0. The third-order valence-electron chi connectivity index (χ3n) is 2.41. The molecule has 0 aliphatic heterocycles. The van der Waals surface area contributed by atoms with Gasteiger partial charge in [-0.05, 0) is 41.3 Å². The van der Waals surface area contributed by atoms with Crippen LogP contribution in [-0.4, -0.2) is 7.11 Å². The predicted molar refractivity (Wildman–Crippen MR) is 51.4 cm³/mol. The van der Waals surface area contributed by atoms with Gasteiger partial charge in [0.25, 0.3) is 0 Å². The zero-order valence-corrected chi connectivity index (χ0v) is 7.93. The summed E-state index contributed by atoms with van der Waals surface area (Å²) in [6.07, 6.45) is 6.51. The van der Waals surface area contributed by atoms with Crippen LogP contribution in [0.25, 0.3) is 0 Å². The summed E-state index contributed by atoms with van der Waals surface area (Å²) in [5.41, 5.74) is 1.77. The van der Waals surface area contributed by atoms with Gasteiger partial charge in [0.15, 0.2) is 0 Å². The van der Waals surface area contributed by atoms with Crippen LogP contribution in [-0.2, 0) is 10.2 Å². The van der Waals surface area contributed by atoms with Crippen molar-refractivity contribution in [1.29, 1.82) is 0 Å². The lowest BCUT2D eigenvalue weighted by atomic mass is 10.00. The van der Waals surface area contributed by atoms with Gasteiger partial charge in [-0.2, -0.15) is 11.3 Å². The number of allylic oxidation sites excluding steroid dienone is 1. The molecule has 1 aliphatic rings. The van der Waals surface area contributed by atoms with Crippen molar-refractivity contribution in [2.45, 2.75) is 18.3 Å². The standard InChI is InChI=1S/C10H12OS/c1-11-6-5-10(3-4-10)9-2-7-12-8-9/h2,5-8H,3-4H2,1H3/b6-5+. The molecule has 0 bridgehead atoms. The third-order valence-corrected chi connectivity index (χ3v) is 3.09. The molecule has 0 spiro atoms. The zero-order chi connectivity index (χ0) is 8.44. The Morgan fingerprint density at radius 3 is 2.92 bits per heavy atom. The van der Waals surface area contributed by atoms with Crippen LogP contribution >= 0.6 is 11.3 Å². The highest BCUT2D eigenvalue weighted by Crippen LogP contribution is 2.49. The molecule has 0 amide bonds. The highest BCUT2D eigenvalue weighted by atomic mass is 32.1. The minimum absolute atomic E-state index is 0.329. The molecular weight excluding hydrogens is 168 g/mol. The Kier molecular flexibility index (Phi) is 1.93. The number of thiophene rings is 1. The lowest BCUT2D eigenvalue weighted by molar-refractivity contribution is 0.335. The highest BCUT2D eigenvalue weighted by molar-refractivity contribution is 7.08. The first-order chi connectivity index (χ1) is 5.87. The average Bonchev–Trinajstić information content (AvgIpc) is 2.66. The molecule has 0 unspecified atom stereocenters. The van der Waals surface area contributed by atoms with Crippen molar-refractivity contribution in [3.05, 3.63) is 34.7 Å². The lowest BCUT2D eigenvalue weighted by Gasteiger charge is -2.05. The maximum Gasteiger partial charge on any atom is 0.0793 e. The largest absolute Gasteiger partial charge is 0.505 e. The second-order valence-corrected chi connectivity index (χ2v) is 3.99. The van der Waals surface area contributed by atoms with Crippen LogP contribution in [0.4, 0.5) is 0 Å². The third kappa shape index (κ3) is 1.27. The van der Waals surface area contributed by atoms with E-state index in [1.54, 1.807) is 24.7 Å². The fourth-order valence-electron chi connectivity index (χ4n) is 1.43. The zero-order valence-electron chi connectivity index (χ0n) is 7.12. The van der Waals surface area contributed by atoms with Gasteiger partial charge >= 0.3 is 0 Å². The first-order valence-electron chi connectivity index (χ1n) is 4.11. The highest BCUT2D eigenvalue weighted by Gasteiger charge is 2.42. The summed E-state index contributed by atoms with van der Waals surface area (Å²) in [6, 6.07) is 2.21. The Bertz CT molecular complexity index is 270. The Morgan fingerprint density at radius 2 is 2.42 bits per heavy atom. The van der Waals surface area contributed by atoms with Gasteiger partial charge in [-0.15, -0.1) is 0 Å². The van der Waals surface area contributed by atoms with E-state index in [-0.39, 0.29) is 0 Å². The van der Waals surface area contributed by atoms with E-state index in [0.717, 1.165) is 0 Å². The monoisotopic (exact) mass is 180 g/mol. The van der Waals surface area contributed by atoms with Gasteiger partial charge in [-0.1, -0.05) is 0 Å². The van der Waals surface area contributed by atoms with Crippen LogP contribution in [0.2, 0.25) is 0 Å². The summed E-state index contributed by atoms with van der Waals surface area (Å²) >= 11 is 1.77. The molecule has 1 nitrogen and oxygen atoms in total. The SMILES string of the molecule is CO/C=C/C1(c2ccsc2)CC1. The Balaban J connectivity index is 2.17. The van der Waals surface area contributed by atoms with E-state index in [2.05, 4.69) is 22.9 Å². The smallest absolute Gasteiger partial charge is 0.0793 e. The van der Waals surface area contributed by atoms with E-state index < -0.39 is 0 Å². The number of rotatable bonds is 3. The van der Waals surface area contributed by atoms with Crippen molar-refractivity contribution in [2.75, 3.05) is 7.11 Å². The molecule has 2 heteroatoms. The lowest BCUT2D eigenvalue weighted by Crippen LogP contribution is -1.99. The normalized spacial score (nSPS) is 19.8. The minimum atomic E-state index is 0.329. The van der Waals surface area contributed by atoms with Crippen molar-refractivity contribution < 1.29 is 4.74 Å². The maximum atomic E-state index is 4.94. The van der Waals surface area contributed by atoms with Crippen LogP contribution in [0.1, 0.15) is 18.4 Å². The van der Waals surface area contributed by atoms with Gasteiger partial charge in [0, 0.05) is 5.41 Å². The van der Waals surface area contributed by atoms with Crippen LogP contribution in [0, 0.1) is 0 Å². The van der Waals surface area contributed by atoms with E-state index in [4.69, 9.17) is 4.74 Å². The van der Waals surface area contributed by atoms with Gasteiger partial charge in [0.05, 0.1) is 13.4 Å². The van der Waals surface area contributed by atoms with Crippen LogP contribution < -0.4 is 0 Å². The minimum Gasteiger partial charge on any atom is -0.505 e. The first-order valence-corrected chi connectivity index (χ1v) is 5.05. The molecule has 0 N–H and O–H groups in total. The van der Waals surface area contributed by atoms with Crippen molar-refractivity contribution >= 4 is 11.3 Å². The van der Waals surface area contributed by atoms with E-state index >= 15 is 0 Å². The Hall–Kier alpha value is -0.760. The van der Waals surface area contributed by atoms with E-state index in [9.17, 15) is 0 Å². The van der Waals surface area contributed by atoms with Gasteiger partial charge in [-0.3, -0.25) is 0 Å². The molecule has 0 aromatic carbocycles. The van der Waals surface area contributed by atoms with Gasteiger partial charge in [0.1, 0.15) is 0 Å². The molecule has 1 aromatic rings. The Morgan fingerprint density at radius 1 is 1.58 bits per heavy atom. The molecule has 1 fully saturated rings. The molecule has 0 atom stereocenters. The van der Waals surface area contributed by atoms with Crippen molar-refractivity contribution in [3.63, 3.8) is 0 Å². The van der Waals surface area contributed by atoms with Crippen molar-refractivity contribution in [2.24, 2.45) is 0 Å². The summed E-state index contributed by atoms with van der Waals surface area (Å²) in [7, 11) is 1.69. The summed E-state index contributed by atoms with van der Waals surface area (Å²) in [6.45, 7) is 0. The number of hydrogen-bond acceptors (Lipinski definition) is 2.